The first kappa shape index (κ1) is 17.1. The van der Waals surface area contributed by atoms with E-state index in [1.807, 2.05) is 0 Å². The summed E-state index contributed by atoms with van der Waals surface area (Å²) < 4.78 is 44.4. The van der Waals surface area contributed by atoms with Crippen molar-refractivity contribution in [2.45, 2.75) is 70.4 Å². The fourth-order valence-electron chi connectivity index (χ4n) is 2.43. The molecule has 7 heteroatoms. The molecule has 0 aromatic rings. The van der Waals surface area contributed by atoms with Crippen molar-refractivity contribution in [3.05, 3.63) is 0 Å². The molecule has 0 spiro atoms. The third kappa shape index (κ3) is 3.37. The van der Waals surface area contributed by atoms with Gasteiger partial charge in [-0.3, -0.25) is 0 Å². The van der Waals surface area contributed by atoms with Gasteiger partial charge in [0, 0.05) is 6.54 Å². The summed E-state index contributed by atoms with van der Waals surface area (Å²) >= 11 is 0. The van der Waals surface area contributed by atoms with E-state index in [2.05, 4.69) is 0 Å². The number of likely N-dealkylation sites (tertiary alicyclic amines) is 1. The van der Waals surface area contributed by atoms with Crippen LogP contribution in [0.15, 0.2) is 0 Å². The number of hydrogen-bond acceptors (Lipinski definition) is 3. The van der Waals surface area contributed by atoms with Crippen LogP contribution in [-0.4, -0.2) is 46.1 Å². The Hall–Kier alpha value is -0.980. The Balaban J connectivity index is 2.97. The summed E-state index contributed by atoms with van der Waals surface area (Å²) in [6.07, 6.45) is -5.56. The van der Waals surface area contributed by atoms with Crippen LogP contribution in [-0.2, 0) is 4.74 Å². The van der Waals surface area contributed by atoms with Gasteiger partial charge in [0.25, 0.3) is 0 Å². The molecule has 0 unspecified atom stereocenters. The monoisotopic (exact) mass is 297 g/mol. The molecule has 0 saturated carbocycles. The van der Waals surface area contributed by atoms with Gasteiger partial charge in [-0.2, -0.15) is 13.2 Å². The number of halogens is 3. The number of amides is 1. The van der Waals surface area contributed by atoms with Crippen molar-refractivity contribution in [3.63, 3.8) is 0 Å². The molecule has 1 rings (SSSR count). The van der Waals surface area contributed by atoms with Crippen molar-refractivity contribution in [2.75, 3.05) is 6.54 Å². The number of alkyl halides is 3. The molecule has 2 atom stereocenters. The number of carbonyl (C=O) groups excluding carboxylic acids is 1. The van der Waals surface area contributed by atoms with Crippen LogP contribution in [0.3, 0.4) is 0 Å². The molecule has 0 radical (unpaired) electrons. The van der Waals surface area contributed by atoms with Crippen molar-refractivity contribution in [3.8, 4) is 0 Å². The summed E-state index contributed by atoms with van der Waals surface area (Å²) in [6.45, 7) is 6.36. The zero-order valence-corrected chi connectivity index (χ0v) is 12.3. The Morgan fingerprint density at radius 1 is 1.35 bits per heavy atom. The van der Waals surface area contributed by atoms with Crippen LogP contribution in [0.1, 0.15) is 47.0 Å². The number of ether oxygens (including phenoxy) is 1. The highest BCUT2D eigenvalue weighted by Gasteiger charge is 2.60. The molecule has 1 heterocycles. The minimum Gasteiger partial charge on any atom is -0.444 e. The molecule has 1 aliphatic rings. The molecule has 1 N–H and O–H groups in total. The van der Waals surface area contributed by atoms with E-state index in [9.17, 15) is 23.1 Å². The molecule has 118 valence electrons. The lowest BCUT2D eigenvalue weighted by Crippen LogP contribution is -2.60. The standard InChI is InChI=1S/C13H22F3NO3/c1-5-12(19,13(14,15)16)9-7-6-8-17(9)10(18)20-11(2,3)4/h9,19H,5-8H2,1-4H3/t9-,12+/m1/s1. The summed E-state index contributed by atoms with van der Waals surface area (Å²) in [5.74, 6) is 0. The molecule has 0 aromatic heterocycles. The highest BCUT2D eigenvalue weighted by Crippen LogP contribution is 2.41. The van der Waals surface area contributed by atoms with Gasteiger partial charge in [0.15, 0.2) is 5.60 Å². The van der Waals surface area contributed by atoms with Crippen LogP contribution >= 0.6 is 0 Å². The van der Waals surface area contributed by atoms with Gasteiger partial charge in [-0.05, 0) is 40.0 Å². The first-order valence-corrected chi connectivity index (χ1v) is 6.71. The van der Waals surface area contributed by atoms with Crippen LogP contribution in [0.25, 0.3) is 0 Å². The van der Waals surface area contributed by atoms with Gasteiger partial charge < -0.3 is 14.7 Å². The van der Waals surface area contributed by atoms with E-state index in [-0.39, 0.29) is 13.0 Å². The zero-order chi connectivity index (χ0) is 15.8. The Morgan fingerprint density at radius 2 is 1.90 bits per heavy atom. The van der Waals surface area contributed by atoms with Gasteiger partial charge in [0.05, 0.1) is 6.04 Å². The van der Waals surface area contributed by atoms with Gasteiger partial charge in [0.2, 0.25) is 0 Å². The number of carbonyl (C=O) groups is 1. The van der Waals surface area contributed by atoms with E-state index in [1.165, 1.54) is 6.92 Å². The molecule has 4 nitrogen and oxygen atoms in total. The van der Waals surface area contributed by atoms with Crippen molar-refractivity contribution < 1.29 is 27.8 Å². The lowest BCUT2D eigenvalue weighted by molar-refractivity contribution is -0.277. The number of nitrogens with zero attached hydrogens (tertiary/aromatic N) is 1. The fraction of sp³-hybridized carbons (Fsp3) is 0.923. The zero-order valence-electron chi connectivity index (χ0n) is 12.3. The van der Waals surface area contributed by atoms with Crippen molar-refractivity contribution in [1.82, 2.24) is 4.90 Å². The van der Waals surface area contributed by atoms with E-state index < -0.39 is 35.9 Å². The minimum absolute atomic E-state index is 0.114. The van der Waals surface area contributed by atoms with Crippen molar-refractivity contribution in [2.24, 2.45) is 0 Å². The molecule has 20 heavy (non-hydrogen) atoms. The third-order valence-electron chi connectivity index (χ3n) is 3.46. The van der Waals surface area contributed by atoms with Crippen LogP contribution in [0, 0.1) is 0 Å². The molecular formula is C13H22F3NO3. The smallest absolute Gasteiger partial charge is 0.419 e. The van der Waals surface area contributed by atoms with Crippen LogP contribution in [0.4, 0.5) is 18.0 Å². The van der Waals surface area contributed by atoms with Gasteiger partial charge in [-0.25, -0.2) is 4.79 Å². The Bertz CT molecular complexity index is 365. The van der Waals surface area contributed by atoms with Crippen LogP contribution < -0.4 is 0 Å². The molecule has 1 amide bonds. The quantitative estimate of drug-likeness (QED) is 0.852. The topological polar surface area (TPSA) is 49.8 Å². The lowest BCUT2D eigenvalue weighted by atomic mass is 9.89. The summed E-state index contributed by atoms with van der Waals surface area (Å²) in [5, 5.41) is 10.00. The van der Waals surface area contributed by atoms with Crippen LogP contribution in [0.2, 0.25) is 0 Å². The summed E-state index contributed by atoms with van der Waals surface area (Å²) in [7, 11) is 0. The molecule has 1 aliphatic heterocycles. The first-order valence-electron chi connectivity index (χ1n) is 6.71. The highest BCUT2D eigenvalue weighted by molar-refractivity contribution is 5.69. The predicted molar refractivity (Wildman–Crippen MR) is 67.3 cm³/mol. The van der Waals surface area contributed by atoms with E-state index in [4.69, 9.17) is 4.74 Å². The lowest BCUT2D eigenvalue weighted by Gasteiger charge is -2.39. The number of hydrogen-bond donors (Lipinski definition) is 1. The minimum atomic E-state index is -4.78. The molecule has 0 aromatic carbocycles. The van der Waals surface area contributed by atoms with Crippen LogP contribution in [0.5, 0.6) is 0 Å². The normalized spacial score (nSPS) is 23.6. The Kier molecular flexibility index (Phi) is 4.63. The molecular weight excluding hydrogens is 275 g/mol. The van der Waals surface area contributed by atoms with Gasteiger partial charge >= 0.3 is 12.3 Å². The third-order valence-corrected chi connectivity index (χ3v) is 3.46. The maximum Gasteiger partial charge on any atom is 0.419 e. The van der Waals surface area contributed by atoms with Gasteiger partial charge in [-0.1, -0.05) is 6.92 Å². The summed E-state index contributed by atoms with van der Waals surface area (Å²) in [5.41, 5.74) is -3.67. The maximum atomic E-state index is 13.1. The van der Waals surface area contributed by atoms with Crippen molar-refractivity contribution in [1.29, 1.82) is 0 Å². The van der Waals surface area contributed by atoms with E-state index >= 15 is 0 Å². The second kappa shape index (κ2) is 5.42. The summed E-state index contributed by atoms with van der Waals surface area (Å²) in [6, 6.07) is -1.29. The maximum absolute atomic E-state index is 13.1. The average Bonchev–Trinajstić information content (AvgIpc) is 2.73. The molecule has 0 aliphatic carbocycles. The second-order valence-corrected chi connectivity index (χ2v) is 6.11. The van der Waals surface area contributed by atoms with Crippen molar-refractivity contribution >= 4 is 6.09 Å². The van der Waals surface area contributed by atoms with E-state index in [1.54, 1.807) is 20.8 Å². The second-order valence-electron chi connectivity index (χ2n) is 6.11. The highest BCUT2D eigenvalue weighted by atomic mass is 19.4. The first-order chi connectivity index (χ1) is 8.92. The molecule has 1 saturated heterocycles. The fourth-order valence-corrected chi connectivity index (χ4v) is 2.43. The van der Waals surface area contributed by atoms with Gasteiger partial charge in [-0.15, -0.1) is 0 Å². The number of aliphatic hydroxyl groups is 1. The number of rotatable bonds is 2. The molecule has 0 bridgehead atoms. The Labute approximate surface area is 116 Å². The SMILES string of the molecule is CC[C@](O)([C@H]1CCCN1C(=O)OC(C)(C)C)C(F)(F)F. The predicted octanol–water partition coefficient (Wildman–Crippen LogP) is 3.09. The largest absolute Gasteiger partial charge is 0.444 e. The van der Waals surface area contributed by atoms with Gasteiger partial charge in [0.1, 0.15) is 5.60 Å². The van der Waals surface area contributed by atoms with E-state index in [0.717, 1.165) is 4.90 Å². The average molecular weight is 297 g/mol. The van der Waals surface area contributed by atoms with E-state index in [0.29, 0.717) is 6.42 Å². The Morgan fingerprint density at radius 3 is 2.30 bits per heavy atom. The molecule has 1 fully saturated rings. The summed E-state index contributed by atoms with van der Waals surface area (Å²) in [4.78, 5) is 13.0.